The van der Waals surface area contributed by atoms with Crippen LogP contribution in [0, 0.1) is 0 Å². The van der Waals surface area contributed by atoms with Crippen LogP contribution in [0.15, 0.2) is 16.5 Å². The first-order valence-electron chi connectivity index (χ1n) is 4.62. The molecule has 6 nitrogen and oxygen atoms in total. The van der Waals surface area contributed by atoms with Crippen molar-refractivity contribution in [3.05, 3.63) is 17.9 Å². The highest BCUT2D eigenvalue weighted by atomic mass is 16.5. The summed E-state index contributed by atoms with van der Waals surface area (Å²) in [6, 6.07) is 2.86. The molecule has 0 bridgehead atoms. The third-order valence-corrected chi connectivity index (χ3v) is 2.23. The Morgan fingerprint density at radius 1 is 1.44 bits per heavy atom. The van der Waals surface area contributed by atoms with Crippen molar-refractivity contribution in [3.63, 3.8) is 0 Å². The lowest BCUT2D eigenvalue weighted by Gasteiger charge is -2.09. The van der Waals surface area contributed by atoms with Gasteiger partial charge in [0, 0.05) is 6.07 Å². The van der Waals surface area contributed by atoms with E-state index in [0.717, 1.165) is 0 Å². The van der Waals surface area contributed by atoms with Crippen molar-refractivity contribution in [2.45, 2.75) is 6.42 Å². The van der Waals surface area contributed by atoms with Crippen LogP contribution >= 0.6 is 0 Å². The minimum Gasteiger partial charge on any atom is -0.463 e. The fraction of sp³-hybridized carbons (Fsp3) is 0.300. The molecule has 1 aliphatic heterocycles. The summed E-state index contributed by atoms with van der Waals surface area (Å²) >= 11 is 0. The Bertz CT molecular complexity index is 462. The van der Waals surface area contributed by atoms with Crippen molar-refractivity contribution < 1.29 is 23.5 Å². The van der Waals surface area contributed by atoms with Gasteiger partial charge in [-0.2, -0.15) is 0 Å². The van der Waals surface area contributed by atoms with Gasteiger partial charge >= 0.3 is 5.97 Å². The van der Waals surface area contributed by atoms with Crippen molar-refractivity contribution >= 4 is 23.5 Å². The van der Waals surface area contributed by atoms with E-state index >= 15 is 0 Å². The number of rotatable bonds is 2. The molecule has 1 fully saturated rings. The van der Waals surface area contributed by atoms with E-state index in [-0.39, 0.29) is 36.3 Å². The van der Waals surface area contributed by atoms with E-state index in [9.17, 15) is 14.4 Å². The number of amides is 1. The molecule has 6 heteroatoms. The zero-order valence-electron chi connectivity index (χ0n) is 8.56. The molecule has 2 heterocycles. The molecule has 1 aliphatic rings. The van der Waals surface area contributed by atoms with Gasteiger partial charge in [0.05, 0.1) is 20.1 Å². The number of nitrogens with zero attached hydrogens (tertiary/aromatic N) is 1. The first-order valence-corrected chi connectivity index (χ1v) is 4.62. The summed E-state index contributed by atoms with van der Waals surface area (Å²) in [5.74, 6) is -0.915. The predicted octanol–water partition coefficient (Wildman–Crippen LogP) is 0.372. The maximum absolute atomic E-state index is 11.4. The lowest BCUT2D eigenvalue weighted by Crippen LogP contribution is -2.23. The SMILES string of the molecule is COC(=O)c1ccc(N2CC(=O)CC2=O)o1. The van der Waals surface area contributed by atoms with Crippen LogP contribution < -0.4 is 4.90 Å². The zero-order chi connectivity index (χ0) is 11.7. The lowest BCUT2D eigenvalue weighted by atomic mass is 10.3. The minimum atomic E-state index is -0.621. The number of ketones is 1. The molecule has 1 saturated heterocycles. The topological polar surface area (TPSA) is 76.8 Å². The summed E-state index contributed by atoms with van der Waals surface area (Å²) < 4.78 is 9.57. The summed E-state index contributed by atoms with van der Waals surface area (Å²) in [5, 5.41) is 0. The highest BCUT2D eigenvalue weighted by Crippen LogP contribution is 2.22. The maximum Gasteiger partial charge on any atom is 0.374 e. The van der Waals surface area contributed by atoms with Crippen LogP contribution in [0.4, 0.5) is 5.88 Å². The average molecular weight is 223 g/mol. The minimum absolute atomic E-state index is 0.00430. The molecule has 16 heavy (non-hydrogen) atoms. The average Bonchev–Trinajstić information content (AvgIpc) is 2.83. The van der Waals surface area contributed by atoms with Gasteiger partial charge in [-0.1, -0.05) is 0 Å². The van der Waals surface area contributed by atoms with Crippen LogP contribution in [-0.4, -0.2) is 31.3 Å². The Labute approximate surface area is 90.8 Å². The van der Waals surface area contributed by atoms with Gasteiger partial charge in [-0.15, -0.1) is 0 Å². The van der Waals surface area contributed by atoms with E-state index in [0.29, 0.717) is 0 Å². The Balaban J connectivity index is 2.22. The Morgan fingerprint density at radius 2 is 2.19 bits per heavy atom. The van der Waals surface area contributed by atoms with Crippen molar-refractivity contribution in [2.75, 3.05) is 18.6 Å². The van der Waals surface area contributed by atoms with E-state index in [1.54, 1.807) is 0 Å². The maximum atomic E-state index is 11.4. The van der Waals surface area contributed by atoms with Gasteiger partial charge in [-0.25, -0.2) is 4.79 Å². The molecule has 0 aromatic carbocycles. The number of anilines is 1. The van der Waals surface area contributed by atoms with Gasteiger partial charge in [0.2, 0.25) is 17.6 Å². The molecule has 0 unspecified atom stereocenters. The number of Topliss-reactive ketones (excluding diaryl/α,β-unsaturated/α-hetero) is 1. The predicted molar refractivity (Wildman–Crippen MR) is 52.0 cm³/mol. The second-order valence-electron chi connectivity index (χ2n) is 3.32. The molecule has 1 amide bonds. The van der Waals surface area contributed by atoms with Crippen molar-refractivity contribution in [3.8, 4) is 0 Å². The first kappa shape index (κ1) is 10.4. The molecule has 1 aromatic rings. The van der Waals surface area contributed by atoms with Gasteiger partial charge in [-0.3, -0.25) is 14.5 Å². The van der Waals surface area contributed by atoms with E-state index in [4.69, 9.17) is 4.42 Å². The number of hydrogen-bond acceptors (Lipinski definition) is 5. The fourth-order valence-corrected chi connectivity index (χ4v) is 1.47. The number of carbonyl (C=O) groups excluding carboxylic acids is 3. The van der Waals surface area contributed by atoms with Gasteiger partial charge in [0.25, 0.3) is 0 Å². The van der Waals surface area contributed by atoms with Gasteiger partial charge in [-0.05, 0) is 6.07 Å². The first-order chi connectivity index (χ1) is 7.61. The third-order valence-electron chi connectivity index (χ3n) is 2.23. The summed E-state index contributed by atoms with van der Waals surface area (Å²) in [6.45, 7) is -0.00698. The fourth-order valence-electron chi connectivity index (χ4n) is 1.47. The smallest absolute Gasteiger partial charge is 0.374 e. The molecule has 0 saturated carbocycles. The van der Waals surface area contributed by atoms with Crippen molar-refractivity contribution in [1.82, 2.24) is 0 Å². The standard InChI is InChI=1S/C10H9NO5/c1-15-10(14)7-2-3-9(16-7)11-5-6(12)4-8(11)13/h2-3H,4-5H2,1H3. The molecule has 0 aliphatic carbocycles. The van der Waals surface area contributed by atoms with E-state index < -0.39 is 5.97 Å². The third kappa shape index (κ3) is 1.69. The van der Waals surface area contributed by atoms with Crippen LogP contribution in [-0.2, 0) is 14.3 Å². The quantitative estimate of drug-likeness (QED) is 0.534. The highest BCUT2D eigenvalue weighted by Gasteiger charge is 2.31. The number of furan rings is 1. The summed E-state index contributed by atoms with van der Waals surface area (Å²) in [5.41, 5.74) is 0. The molecule has 0 spiro atoms. The molecule has 0 radical (unpaired) electrons. The van der Waals surface area contributed by atoms with Crippen molar-refractivity contribution in [1.29, 1.82) is 0 Å². The Morgan fingerprint density at radius 3 is 2.75 bits per heavy atom. The number of methoxy groups -OCH3 is 1. The highest BCUT2D eigenvalue weighted by molar-refractivity contribution is 6.14. The Kier molecular flexibility index (Phi) is 2.47. The summed E-state index contributed by atoms with van der Waals surface area (Å²) in [6.07, 6.45) is -0.117. The van der Waals surface area contributed by atoms with Gasteiger partial charge in [0.15, 0.2) is 5.78 Å². The summed E-state index contributed by atoms with van der Waals surface area (Å²) in [7, 11) is 1.23. The Hall–Kier alpha value is -2.11. The van der Waals surface area contributed by atoms with Gasteiger partial charge in [0.1, 0.15) is 0 Å². The van der Waals surface area contributed by atoms with Crippen LogP contribution in [0.25, 0.3) is 0 Å². The van der Waals surface area contributed by atoms with E-state index in [1.165, 1.54) is 24.1 Å². The molecule has 84 valence electrons. The molecule has 2 rings (SSSR count). The lowest BCUT2D eigenvalue weighted by molar-refractivity contribution is -0.121. The molecular formula is C10H9NO5. The largest absolute Gasteiger partial charge is 0.463 e. The molecule has 0 N–H and O–H groups in total. The second-order valence-corrected chi connectivity index (χ2v) is 3.32. The number of carbonyl (C=O) groups is 3. The van der Waals surface area contributed by atoms with Crippen molar-refractivity contribution in [2.24, 2.45) is 0 Å². The van der Waals surface area contributed by atoms with Crippen LogP contribution in [0.3, 0.4) is 0 Å². The molecule has 1 aromatic heterocycles. The normalized spacial score (nSPS) is 15.7. The van der Waals surface area contributed by atoms with Gasteiger partial charge < -0.3 is 9.15 Å². The molecule has 0 atom stereocenters. The zero-order valence-corrected chi connectivity index (χ0v) is 8.56. The second kappa shape index (κ2) is 3.80. The van der Waals surface area contributed by atoms with Crippen LogP contribution in [0.1, 0.15) is 17.0 Å². The van der Waals surface area contributed by atoms with Crippen LogP contribution in [0.2, 0.25) is 0 Å². The number of ether oxygens (including phenoxy) is 1. The summed E-state index contributed by atoms with van der Waals surface area (Å²) in [4.78, 5) is 34.7. The van der Waals surface area contributed by atoms with E-state index in [1.807, 2.05) is 0 Å². The van der Waals surface area contributed by atoms with E-state index in [2.05, 4.69) is 4.74 Å². The number of esters is 1. The molecular weight excluding hydrogens is 214 g/mol. The monoisotopic (exact) mass is 223 g/mol. The van der Waals surface area contributed by atoms with Crippen LogP contribution in [0.5, 0.6) is 0 Å². The number of hydrogen-bond donors (Lipinski definition) is 0.